The summed E-state index contributed by atoms with van der Waals surface area (Å²) in [7, 11) is 0. The number of nitrogens with zero attached hydrogens (tertiary/aromatic N) is 3. The average Bonchev–Trinajstić information content (AvgIpc) is 2.51. The molecule has 2 heterocycles. The first-order valence-electron chi connectivity index (χ1n) is 6.72. The summed E-state index contributed by atoms with van der Waals surface area (Å²) < 4.78 is 0. The van der Waals surface area contributed by atoms with Crippen molar-refractivity contribution in [1.82, 2.24) is 14.9 Å². The predicted octanol–water partition coefficient (Wildman–Crippen LogP) is 2.19. The van der Waals surface area contributed by atoms with Gasteiger partial charge in [0, 0.05) is 12.7 Å². The molecule has 1 N–H and O–H groups in total. The monoisotopic (exact) mass is 263 g/mol. The quantitative estimate of drug-likeness (QED) is 0.905. The van der Waals surface area contributed by atoms with Crippen LogP contribution in [0.5, 0.6) is 0 Å². The molecule has 104 valence electrons. The number of carboxylic acid groups (broad SMARTS) is 1. The summed E-state index contributed by atoms with van der Waals surface area (Å²) >= 11 is 0. The molecule has 1 fully saturated rings. The number of rotatable bonds is 3. The summed E-state index contributed by atoms with van der Waals surface area (Å²) in [5.41, 5.74) is 1.21. The Balaban J connectivity index is 2.07. The van der Waals surface area contributed by atoms with Crippen LogP contribution in [0.25, 0.3) is 0 Å². The maximum Gasteiger partial charge on any atom is 0.339 e. The van der Waals surface area contributed by atoms with Crippen LogP contribution >= 0.6 is 0 Å². The number of hydrogen-bond donors (Lipinski definition) is 1. The van der Waals surface area contributed by atoms with E-state index in [-0.39, 0.29) is 5.56 Å². The lowest BCUT2D eigenvalue weighted by Gasteiger charge is -2.23. The van der Waals surface area contributed by atoms with Crippen molar-refractivity contribution in [3.05, 3.63) is 23.8 Å². The van der Waals surface area contributed by atoms with E-state index in [1.54, 1.807) is 0 Å². The van der Waals surface area contributed by atoms with Gasteiger partial charge < -0.3 is 5.11 Å². The van der Waals surface area contributed by atoms with Crippen molar-refractivity contribution < 1.29 is 9.90 Å². The van der Waals surface area contributed by atoms with E-state index in [1.807, 2.05) is 0 Å². The molecular weight excluding hydrogens is 242 g/mol. The minimum absolute atomic E-state index is 0.214. The van der Waals surface area contributed by atoms with Gasteiger partial charge in [0.2, 0.25) is 0 Å². The molecule has 0 unspecified atom stereocenters. The normalized spacial score (nSPS) is 19.9. The van der Waals surface area contributed by atoms with Crippen LogP contribution in [0.3, 0.4) is 0 Å². The van der Waals surface area contributed by atoms with Crippen LogP contribution in [-0.4, -0.2) is 39.0 Å². The van der Waals surface area contributed by atoms with Crippen LogP contribution in [0.4, 0.5) is 0 Å². The van der Waals surface area contributed by atoms with E-state index >= 15 is 0 Å². The average molecular weight is 263 g/mol. The lowest BCUT2D eigenvalue weighted by Crippen LogP contribution is -2.26. The summed E-state index contributed by atoms with van der Waals surface area (Å²) in [5, 5.41) is 9.14. The molecule has 0 aliphatic carbocycles. The van der Waals surface area contributed by atoms with Crippen LogP contribution in [0, 0.1) is 5.41 Å². The molecule has 0 bridgehead atoms. The van der Waals surface area contributed by atoms with Crippen molar-refractivity contribution in [3.63, 3.8) is 0 Å². The van der Waals surface area contributed by atoms with Gasteiger partial charge in [0.15, 0.2) is 0 Å². The van der Waals surface area contributed by atoms with E-state index < -0.39 is 5.97 Å². The van der Waals surface area contributed by atoms with Crippen molar-refractivity contribution in [2.45, 2.75) is 39.7 Å². The Kier molecular flexibility index (Phi) is 4.14. The molecule has 0 spiro atoms. The molecule has 0 amide bonds. The van der Waals surface area contributed by atoms with E-state index in [0.717, 1.165) is 25.9 Å². The highest BCUT2D eigenvalue weighted by molar-refractivity contribution is 5.88. The van der Waals surface area contributed by atoms with E-state index in [1.165, 1.54) is 18.9 Å². The highest BCUT2D eigenvalue weighted by Crippen LogP contribution is 2.30. The number of likely N-dealkylation sites (tertiary alicyclic amines) is 1. The van der Waals surface area contributed by atoms with E-state index in [4.69, 9.17) is 5.11 Å². The number of carbonyl (C=O) groups is 1. The molecule has 0 saturated carbocycles. The van der Waals surface area contributed by atoms with Gasteiger partial charge in [-0.3, -0.25) is 4.90 Å². The standard InChI is InChI=1S/C14H21N3O2/c1-14(2)4-3-6-17(7-5-14)9-12-11(13(18)19)8-15-10-16-12/h8,10H,3-7,9H2,1-2H3,(H,18,19). The second-order valence-electron chi connectivity index (χ2n) is 5.98. The highest BCUT2D eigenvalue weighted by atomic mass is 16.4. The Labute approximate surface area is 113 Å². The smallest absolute Gasteiger partial charge is 0.339 e. The van der Waals surface area contributed by atoms with Gasteiger partial charge in [0.25, 0.3) is 0 Å². The van der Waals surface area contributed by atoms with Crippen LogP contribution in [0.1, 0.15) is 49.2 Å². The fraction of sp³-hybridized carbons (Fsp3) is 0.643. The first-order chi connectivity index (χ1) is 8.98. The summed E-state index contributed by atoms with van der Waals surface area (Å²) in [5.74, 6) is -0.953. The number of aromatic carboxylic acids is 1. The van der Waals surface area contributed by atoms with Crippen molar-refractivity contribution in [3.8, 4) is 0 Å². The van der Waals surface area contributed by atoms with Crippen LogP contribution < -0.4 is 0 Å². The minimum Gasteiger partial charge on any atom is -0.478 e. The van der Waals surface area contributed by atoms with Gasteiger partial charge in [-0.25, -0.2) is 14.8 Å². The second kappa shape index (κ2) is 5.65. The largest absolute Gasteiger partial charge is 0.478 e. The Morgan fingerprint density at radius 2 is 2.21 bits per heavy atom. The maximum absolute atomic E-state index is 11.1. The predicted molar refractivity (Wildman–Crippen MR) is 71.9 cm³/mol. The molecule has 5 nitrogen and oxygen atoms in total. The molecule has 1 aliphatic heterocycles. The third-order valence-corrected chi connectivity index (χ3v) is 3.83. The fourth-order valence-electron chi connectivity index (χ4n) is 2.51. The zero-order valence-electron chi connectivity index (χ0n) is 11.6. The summed E-state index contributed by atoms with van der Waals surface area (Å²) in [6.45, 7) is 7.19. The Morgan fingerprint density at radius 1 is 1.42 bits per heavy atom. The zero-order chi connectivity index (χ0) is 13.9. The topological polar surface area (TPSA) is 66.3 Å². The lowest BCUT2D eigenvalue weighted by molar-refractivity contribution is 0.0693. The van der Waals surface area contributed by atoms with Crippen LogP contribution in [0.2, 0.25) is 0 Å². The van der Waals surface area contributed by atoms with Gasteiger partial charge in [-0.2, -0.15) is 0 Å². The Morgan fingerprint density at radius 3 is 2.95 bits per heavy atom. The van der Waals surface area contributed by atoms with Crippen molar-refractivity contribution in [2.24, 2.45) is 5.41 Å². The first kappa shape index (κ1) is 13.9. The molecule has 0 atom stereocenters. The van der Waals surface area contributed by atoms with Crippen LogP contribution in [-0.2, 0) is 6.54 Å². The Bertz CT molecular complexity index is 460. The molecule has 1 aromatic heterocycles. The van der Waals surface area contributed by atoms with Crippen molar-refractivity contribution >= 4 is 5.97 Å². The number of carboxylic acids is 1. The molecule has 1 aromatic rings. The molecule has 1 aliphatic rings. The van der Waals surface area contributed by atoms with E-state index in [9.17, 15) is 4.79 Å². The first-order valence-corrected chi connectivity index (χ1v) is 6.72. The molecule has 5 heteroatoms. The molecule has 1 saturated heterocycles. The molecular formula is C14H21N3O2. The molecule has 19 heavy (non-hydrogen) atoms. The number of hydrogen-bond acceptors (Lipinski definition) is 4. The van der Waals surface area contributed by atoms with Gasteiger partial charge in [-0.15, -0.1) is 0 Å². The van der Waals surface area contributed by atoms with Gasteiger partial charge in [0.1, 0.15) is 11.9 Å². The highest BCUT2D eigenvalue weighted by Gasteiger charge is 2.24. The van der Waals surface area contributed by atoms with Crippen molar-refractivity contribution in [2.75, 3.05) is 13.1 Å². The zero-order valence-corrected chi connectivity index (χ0v) is 11.6. The summed E-state index contributed by atoms with van der Waals surface area (Å²) in [4.78, 5) is 21.3. The minimum atomic E-state index is -0.953. The number of aromatic nitrogens is 2. The SMILES string of the molecule is CC1(C)CCCN(Cc2ncncc2C(=O)O)CC1. The third kappa shape index (κ3) is 3.73. The lowest BCUT2D eigenvalue weighted by atomic mass is 9.85. The van der Waals surface area contributed by atoms with Gasteiger partial charge >= 0.3 is 5.97 Å². The fourth-order valence-corrected chi connectivity index (χ4v) is 2.51. The summed E-state index contributed by atoms with van der Waals surface area (Å²) in [6, 6.07) is 0. The third-order valence-electron chi connectivity index (χ3n) is 3.83. The second-order valence-corrected chi connectivity index (χ2v) is 5.98. The Hall–Kier alpha value is -1.49. The van der Waals surface area contributed by atoms with Crippen LogP contribution in [0.15, 0.2) is 12.5 Å². The van der Waals surface area contributed by atoms with E-state index in [0.29, 0.717) is 17.7 Å². The maximum atomic E-state index is 11.1. The summed E-state index contributed by atoms with van der Waals surface area (Å²) in [6.07, 6.45) is 6.32. The molecule has 0 aromatic carbocycles. The molecule has 2 rings (SSSR count). The van der Waals surface area contributed by atoms with Crippen molar-refractivity contribution in [1.29, 1.82) is 0 Å². The van der Waals surface area contributed by atoms with E-state index in [2.05, 4.69) is 28.7 Å². The van der Waals surface area contributed by atoms with Gasteiger partial charge in [-0.05, 0) is 37.8 Å². The molecule has 0 radical (unpaired) electrons. The van der Waals surface area contributed by atoms with Gasteiger partial charge in [0.05, 0.1) is 5.69 Å². The van der Waals surface area contributed by atoms with Gasteiger partial charge in [-0.1, -0.05) is 13.8 Å².